The molecule has 5 nitrogen and oxygen atoms in total. The molecule has 1 saturated heterocycles. The van der Waals surface area contributed by atoms with Gasteiger partial charge in [0.15, 0.2) is 5.96 Å². The first-order valence-corrected chi connectivity index (χ1v) is 10.1. The number of benzene rings is 1. The van der Waals surface area contributed by atoms with E-state index in [9.17, 15) is 0 Å². The van der Waals surface area contributed by atoms with Gasteiger partial charge in [0.25, 0.3) is 0 Å². The Kier molecular flexibility index (Phi) is 9.32. The maximum absolute atomic E-state index is 5.27. The minimum atomic E-state index is 0.651. The van der Waals surface area contributed by atoms with Crippen molar-refractivity contribution < 1.29 is 4.74 Å². The normalized spacial score (nSPS) is 16.5. The number of hydrogen-bond acceptors (Lipinski definition) is 3. The zero-order valence-electron chi connectivity index (χ0n) is 16.8. The Labute approximate surface area is 159 Å². The van der Waals surface area contributed by atoms with Crippen LogP contribution in [0.1, 0.15) is 45.1 Å². The van der Waals surface area contributed by atoms with Crippen molar-refractivity contribution in [1.29, 1.82) is 0 Å². The maximum atomic E-state index is 5.27. The molecule has 0 aromatic heterocycles. The van der Waals surface area contributed by atoms with Crippen LogP contribution in [0.3, 0.4) is 0 Å². The molecule has 2 rings (SSSR count). The zero-order valence-corrected chi connectivity index (χ0v) is 16.8. The molecule has 1 aliphatic heterocycles. The summed E-state index contributed by atoms with van der Waals surface area (Å²) in [5.41, 5.74) is 1.15. The van der Waals surface area contributed by atoms with E-state index in [4.69, 9.17) is 4.74 Å². The fourth-order valence-electron chi connectivity index (χ4n) is 3.24. The molecule has 1 heterocycles. The lowest BCUT2D eigenvalue weighted by molar-refractivity contribution is 0.189. The van der Waals surface area contributed by atoms with Gasteiger partial charge >= 0.3 is 0 Å². The summed E-state index contributed by atoms with van der Waals surface area (Å²) in [6.45, 7) is 10.7. The summed E-state index contributed by atoms with van der Waals surface area (Å²) in [5.74, 6) is 2.68. The van der Waals surface area contributed by atoms with Gasteiger partial charge in [0.2, 0.25) is 0 Å². The van der Waals surface area contributed by atoms with Crippen LogP contribution < -0.4 is 15.4 Å². The Balaban J connectivity index is 1.68. The van der Waals surface area contributed by atoms with Crippen LogP contribution in [0.2, 0.25) is 0 Å². The Morgan fingerprint density at radius 3 is 2.77 bits per heavy atom. The van der Waals surface area contributed by atoms with Gasteiger partial charge in [-0.05, 0) is 75.9 Å². The second kappa shape index (κ2) is 11.8. The molecule has 26 heavy (non-hydrogen) atoms. The average Bonchev–Trinajstić information content (AvgIpc) is 2.67. The predicted octanol–water partition coefficient (Wildman–Crippen LogP) is 3.26. The van der Waals surface area contributed by atoms with Crippen molar-refractivity contribution in [2.24, 2.45) is 10.9 Å². The Morgan fingerprint density at radius 2 is 2.04 bits per heavy atom. The monoisotopic (exact) mass is 360 g/mol. The molecule has 5 heteroatoms. The van der Waals surface area contributed by atoms with Crippen LogP contribution >= 0.6 is 0 Å². The highest BCUT2D eigenvalue weighted by Gasteiger charge is 2.14. The average molecular weight is 361 g/mol. The minimum Gasteiger partial charge on any atom is -0.497 e. The maximum Gasteiger partial charge on any atom is 0.191 e. The van der Waals surface area contributed by atoms with Crippen molar-refractivity contribution in [2.45, 2.75) is 46.1 Å². The van der Waals surface area contributed by atoms with E-state index in [1.54, 1.807) is 7.11 Å². The van der Waals surface area contributed by atoms with Gasteiger partial charge in [-0.2, -0.15) is 0 Å². The van der Waals surface area contributed by atoms with Crippen LogP contribution in [0.5, 0.6) is 5.75 Å². The van der Waals surface area contributed by atoms with Gasteiger partial charge in [0.05, 0.1) is 13.7 Å². The lowest BCUT2D eigenvalue weighted by atomic mass is 9.99. The summed E-state index contributed by atoms with van der Waals surface area (Å²) in [5, 5.41) is 6.78. The van der Waals surface area contributed by atoms with Gasteiger partial charge in [0, 0.05) is 13.1 Å². The number of rotatable bonds is 9. The number of guanidine groups is 1. The SMILES string of the molecule is CCNC(=NCc1cccc(OC)c1)NCCCCN1CCC(C)CC1. The van der Waals surface area contributed by atoms with Crippen molar-refractivity contribution >= 4 is 5.96 Å². The molecule has 1 aromatic carbocycles. The van der Waals surface area contributed by atoms with Gasteiger partial charge in [-0.15, -0.1) is 0 Å². The third kappa shape index (κ3) is 7.65. The Morgan fingerprint density at radius 1 is 1.23 bits per heavy atom. The van der Waals surface area contributed by atoms with E-state index in [0.717, 1.165) is 36.3 Å². The highest BCUT2D eigenvalue weighted by Crippen LogP contribution is 2.16. The number of nitrogens with zero attached hydrogens (tertiary/aromatic N) is 2. The van der Waals surface area contributed by atoms with Crippen LogP contribution in [-0.4, -0.2) is 50.7 Å². The topological polar surface area (TPSA) is 48.9 Å². The number of ether oxygens (including phenoxy) is 1. The molecule has 1 aliphatic rings. The highest BCUT2D eigenvalue weighted by molar-refractivity contribution is 5.79. The lowest BCUT2D eigenvalue weighted by Gasteiger charge is -2.30. The number of aliphatic imine (C=N–C) groups is 1. The number of unbranched alkanes of at least 4 members (excludes halogenated alkanes) is 1. The van der Waals surface area contributed by atoms with Gasteiger partial charge < -0.3 is 20.3 Å². The standard InChI is InChI=1S/C21H36N4O/c1-4-22-21(24-17-19-8-7-9-20(16-19)26-3)23-12-5-6-13-25-14-10-18(2)11-15-25/h7-9,16,18H,4-6,10-15,17H2,1-3H3,(H2,22,23,24). The summed E-state index contributed by atoms with van der Waals surface area (Å²) in [6.07, 6.45) is 5.14. The fraction of sp³-hybridized carbons (Fsp3) is 0.667. The molecule has 2 N–H and O–H groups in total. The van der Waals surface area contributed by atoms with Crippen LogP contribution in [0, 0.1) is 5.92 Å². The second-order valence-corrected chi connectivity index (χ2v) is 7.20. The van der Waals surface area contributed by atoms with E-state index < -0.39 is 0 Å². The number of nitrogens with one attached hydrogen (secondary N) is 2. The van der Waals surface area contributed by atoms with Crippen LogP contribution in [0.15, 0.2) is 29.3 Å². The molecule has 0 saturated carbocycles. The summed E-state index contributed by atoms with van der Waals surface area (Å²) in [6, 6.07) is 8.08. The lowest BCUT2D eigenvalue weighted by Crippen LogP contribution is -2.38. The fourth-order valence-corrected chi connectivity index (χ4v) is 3.24. The predicted molar refractivity (Wildman–Crippen MR) is 110 cm³/mol. The van der Waals surface area contributed by atoms with Crippen molar-refractivity contribution in [3.8, 4) is 5.75 Å². The Bertz CT molecular complexity index is 539. The van der Waals surface area contributed by atoms with Crippen molar-refractivity contribution in [3.05, 3.63) is 29.8 Å². The van der Waals surface area contributed by atoms with Crippen molar-refractivity contribution in [1.82, 2.24) is 15.5 Å². The molecule has 1 fully saturated rings. The third-order valence-electron chi connectivity index (χ3n) is 4.97. The first kappa shape index (κ1) is 20.6. The zero-order chi connectivity index (χ0) is 18.6. The molecule has 0 spiro atoms. The molecule has 146 valence electrons. The number of methoxy groups -OCH3 is 1. The van der Waals surface area contributed by atoms with Crippen molar-refractivity contribution in [2.75, 3.05) is 39.8 Å². The van der Waals surface area contributed by atoms with E-state index >= 15 is 0 Å². The molecular weight excluding hydrogens is 324 g/mol. The van der Waals surface area contributed by atoms with Crippen LogP contribution in [0.4, 0.5) is 0 Å². The minimum absolute atomic E-state index is 0.651. The summed E-state index contributed by atoms with van der Waals surface area (Å²) in [7, 11) is 1.69. The molecular formula is C21H36N4O. The largest absolute Gasteiger partial charge is 0.497 e. The van der Waals surface area contributed by atoms with E-state index in [1.807, 2.05) is 18.2 Å². The van der Waals surface area contributed by atoms with Crippen molar-refractivity contribution in [3.63, 3.8) is 0 Å². The van der Waals surface area contributed by atoms with E-state index in [2.05, 4.69) is 40.4 Å². The van der Waals surface area contributed by atoms with Crippen LogP contribution in [0.25, 0.3) is 0 Å². The summed E-state index contributed by atoms with van der Waals surface area (Å²) >= 11 is 0. The smallest absolute Gasteiger partial charge is 0.191 e. The van der Waals surface area contributed by atoms with Gasteiger partial charge in [-0.1, -0.05) is 19.1 Å². The molecule has 0 bridgehead atoms. The molecule has 0 unspecified atom stereocenters. The van der Waals surface area contributed by atoms with E-state index in [1.165, 1.54) is 45.3 Å². The summed E-state index contributed by atoms with van der Waals surface area (Å²) < 4.78 is 5.27. The first-order chi connectivity index (χ1) is 12.7. The molecule has 1 aromatic rings. The van der Waals surface area contributed by atoms with E-state index in [0.29, 0.717) is 6.54 Å². The molecule has 0 radical (unpaired) electrons. The molecule has 0 amide bonds. The highest BCUT2D eigenvalue weighted by atomic mass is 16.5. The number of likely N-dealkylation sites (tertiary alicyclic amines) is 1. The van der Waals surface area contributed by atoms with Gasteiger partial charge in [0.1, 0.15) is 5.75 Å². The quantitative estimate of drug-likeness (QED) is 0.403. The second-order valence-electron chi connectivity index (χ2n) is 7.20. The van der Waals surface area contributed by atoms with E-state index in [-0.39, 0.29) is 0 Å². The van der Waals surface area contributed by atoms with Crippen LogP contribution in [-0.2, 0) is 6.54 Å². The van der Waals surface area contributed by atoms with Gasteiger partial charge in [-0.25, -0.2) is 4.99 Å². The number of piperidine rings is 1. The summed E-state index contributed by atoms with van der Waals surface area (Å²) in [4.78, 5) is 7.30. The first-order valence-electron chi connectivity index (χ1n) is 10.1. The molecule has 0 aliphatic carbocycles. The molecule has 0 atom stereocenters. The van der Waals surface area contributed by atoms with Gasteiger partial charge in [-0.3, -0.25) is 0 Å². The Hall–Kier alpha value is -1.75. The number of hydrogen-bond donors (Lipinski definition) is 2. The third-order valence-corrected chi connectivity index (χ3v) is 4.97.